The van der Waals surface area contributed by atoms with Gasteiger partial charge in [-0.15, -0.1) is 0 Å². The number of para-hydroxylation sites is 1. The molecule has 4 nitrogen and oxygen atoms in total. The number of carbonyl (C=O) groups is 1. The van der Waals surface area contributed by atoms with E-state index in [0.29, 0.717) is 5.75 Å². The van der Waals surface area contributed by atoms with E-state index in [0.717, 1.165) is 29.5 Å². The third kappa shape index (κ3) is 5.34. The van der Waals surface area contributed by atoms with Crippen molar-refractivity contribution < 1.29 is 22.7 Å². The lowest BCUT2D eigenvalue weighted by Crippen LogP contribution is -2.25. The molecule has 0 radical (unpaired) electrons. The number of alkyl halides is 3. The first-order valence-corrected chi connectivity index (χ1v) is 7.45. The lowest BCUT2D eigenvalue weighted by atomic mass is 10.1. The second-order valence-corrected chi connectivity index (χ2v) is 5.43. The molecule has 0 unspecified atom stereocenters. The zero-order valence-electron chi connectivity index (χ0n) is 13.7. The number of hydrogen-bond acceptors (Lipinski definition) is 3. The molecule has 0 spiro atoms. The molecule has 7 heteroatoms. The van der Waals surface area contributed by atoms with Crippen LogP contribution in [0.4, 0.5) is 13.2 Å². The first-order valence-electron chi connectivity index (χ1n) is 7.45. The fourth-order valence-corrected chi connectivity index (χ4v) is 2.17. The van der Waals surface area contributed by atoms with Gasteiger partial charge in [0.2, 0.25) is 0 Å². The molecule has 2 rings (SSSR count). The average molecular weight is 350 g/mol. The number of hydrogen-bond donors (Lipinski definition) is 1. The number of hydrazone groups is 1. The molecule has 0 aliphatic rings. The maximum atomic E-state index is 12.6. The molecule has 0 fully saturated rings. The van der Waals surface area contributed by atoms with Crippen molar-refractivity contribution >= 4 is 12.1 Å². The highest BCUT2D eigenvalue weighted by Crippen LogP contribution is 2.29. The van der Waals surface area contributed by atoms with E-state index in [9.17, 15) is 18.0 Å². The Bertz CT molecular complexity index is 766. The van der Waals surface area contributed by atoms with E-state index in [4.69, 9.17) is 4.74 Å². The van der Waals surface area contributed by atoms with E-state index >= 15 is 0 Å². The second kappa shape index (κ2) is 7.83. The standard InChI is InChI=1S/C18H17F3N2O2/c1-12-5-3-6-13(2)17(12)25-11-16(24)23-22-10-14-7-4-8-15(9-14)18(19,20)21/h3-10H,11H2,1-2H3,(H,23,24). The Morgan fingerprint density at radius 3 is 2.44 bits per heavy atom. The van der Waals surface area contributed by atoms with Crippen LogP contribution < -0.4 is 10.2 Å². The minimum atomic E-state index is -4.42. The molecule has 2 aromatic carbocycles. The fourth-order valence-electron chi connectivity index (χ4n) is 2.17. The van der Waals surface area contributed by atoms with Gasteiger partial charge in [0.1, 0.15) is 5.75 Å². The van der Waals surface area contributed by atoms with Crippen molar-refractivity contribution in [1.82, 2.24) is 5.43 Å². The SMILES string of the molecule is Cc1cccc(C)c1OCC(=O)NN=Cc1cccc(C(F)(F)F)c1. The largest absolute Gasteiger partial charge is 0.483 e. The Morgan fingerprint density at radius 1 is 1.16 bits per heavy atom. The Hall–Kier alpha value is -2.83. The van der Waals surface area contributed by atoms with E-state index in [1.807, 2.05) is 32.0 Å². The molecule has 0 saturated carbocycles. The number of benzene rings is 2. The van der Waals surface area contributed by atoms with Gasteiger partial charge in [0.25, 0.3) is 5.91 Å². The smallest absolute Gasteiger partial charge is 0.416 e. The van der Waals surface area contributed by atoms with Gasteiger partial charge in [-0.3, -0.25) is 4.79 Å². The number of nitrogens with one attached hydrogen (secondary N) is 1. The van der Waals surface area contributed by atoms with E-state index in [1.165, 1.54) is 12.1 Å². The van der Waals surface area contributed by atoms with Crippen LogP contribution in [0, 0.1) is 13.8 Å². The van der Waals surface area contributed by atoms with E-state index in [1.54, 1.807) is 0 Å². The molecule has 0 aromatic heterocycles. The molecule has 0 bridgehead atoms. The van der Waals surface area contributed by atoms with Gasteiger partial charge >= 0.3 is 6.18 Å². The molecule has 0 saturated heterocycles. The van der Waals surface area contributed by atoms with Crippen molar-refractivity contribution in [2.24, 2.45) is 5.10 Å². The van der Waals surface area contributed by atoms with Crippen molar-refractivity contribution in [3.05, 3.63) is 64.7 Å². The number of ether oxygens (including phenoxy) is 1. The van der Waals surface area contributed by atoms with Gasteiger partial charge in [-0.25, -0.2) is 5.43 Å². The lowest BCUT2D eigenvalue weighted by molar-refractivity contribution is -0.137. The third-order valence-corrected chi connectivity index (χ3v) is 3.37. The molecule has 1 amide bonds. The molecule has 2 aromatic rings. The van der Waals surface area contributed by atoms with E-state index in [2.05, 4.69) is 10.5 Å². The van der Waals surface area contributed by atoms with E-state index < -0.39 is 17.6 Å². The van der Waals surface area contributed by atoms with Crippen LogP contribution in [0.25, 0.3) is 0 Å². The zero-order valence-corrected chi connectivity index (χ0v) is 13.7. The summed E-state index contributed by atoms with van der Waals surface area (Å²) in [7, 11) is 0. The van der Waals surface area contributed by atoms with Crippen LogP contribution in [-0.2, 0) is 11.0 Å². The first kappa shape index (κ1) is 18.5. The minimum absolute atomic E-state index is 0.228. The summed E-state index contributed by atoms with van der Waals surface area (Å²) >= 11 is 0. The third-order valence-electron chi connectivity index (χ3n) is 3.37. The predicted octanol–water partition coefficient (Wildman–Crippen LogP) is 3.85. The van der Waals surface area contributed by atoms with Crippen LogP contribution in [0.1, 0.15) is 22.3 Å². The van der Waals surface area contributed by atoms with Gasteiger partial charge in [-0.05, 0) is 42.7 Å². The van der Waals surface area contributed by atoms with Crippen molar-refractivity contribution in [2.75, 3.05) is 6.61 Å². The Labute approximate surface area is 143 Å². The summed E-state index contributed by atoms with van der Waals surface area (Å²) in [6.07, 6.45) is -3.28. The van der Waals surface area contributed by atoms with Gasteiger partial charge in [-0.2, -0.15) is 18.3 Å². The number of aryl methyl sites for hydroxylation is 2. The molecule has 0 aliphatic heterocycles. The number of carbonyl (C=O) groups excluding carboxylic acids is 1. The maximum Gasteiger partial charge on any atom is 0.416 e. The normalized spacial score (nSPS) is 11.6. The van der Waals surface area contributed by atoms with Crippen LogP contribution >= 0.6 is 0 Å². The molecule has 132 valence electrons. The van der Waals surface area contributed by atoms with Crippen LogP contribution in [0.3, 0.4) is 0 Å². The second-order valence-electron chi connectivity index (χ2n) is 5.43. The average Bonchev–Trinajstić information content (AvgIpc) is 2.54. The summed E-state index contributed by atoms with van der Waals surface area (Å²) in [6, 6.07) is 10.3. The summed E-state index contributed by atoms with van der Waals surface area (Å²) in [5, 5.41) is 3.65. The minimum Gasteiger partial charge on any atom is -0.483 e. The highest BCUT2D eigenvalue weighted by Gasteiger charge is 2.30. The van der Waals surface area contributed by atoms with Gasteiger partial charge in [0.15, 0.2) is 6.61 Å². The van der Waals surface area contributed by atoms with Gasteiger partial charge in [0.05, 0.1) is 11.8 Å². The number of rotatable bonds is 5. The number of nitrogens with zero attached hydrogens (tertiary/aromatic N) is 1. The first-order chi connectivity index (χ1) is 11.8. The van der Waals surface area contributed by atoms with Gasteiger partial charge < -0.3 is 4.74 Å². The maximum absolute atomic E-state index is 12.6. The Kier molecular flexibility index (Phi) is 5.80. The molecule has 0 aliphatic carbocycles. The molecular weight excluding hydrogens is 333 g/mol. The summed E-state index contributed by atoms with van der Waals surface area (Å²) in [5.41, 5.74) is 3.48. The van der Waals surface area contributed by atoms with Crippen molar-refractivity contribution in [3.63, 3.8) is 0 Å². The van der Waals surface area contributed by atoms with E-state index in [-0.39, 0.29) is 12.2 Å². The highest BCUT2D eigenvalue weighted by molar-refractivity contribution is 5.83. The predicted molar refractivity (Wildman–Crippen MR) is 88.6 cm³/mol. The molecule has 0 atom stereocenters. The van der Waals surface area contributed by atoms with Crippen LogP contribution in [0.15, 0.2) is 47.6 Å². The lowest BCUT2D eigenvalue weighted by Gasteiger charge is -2.10. The Morgan fingerprint density at radius 2 is 1.80 bits per heavy atom. The summed E-state index contributed by atoms with van der Waals surface area (Å²) in [6.45, 7) is 3.49. The molecular formula is C18H17F3N2O2. The highest BCUT2D eigenvalue weighted by atomic mass is 19.4. The van der Waals surface area contributed by atoms with Crippen molar-refractivity contribution in [1.29, 1.82) is 0 Å². The summed E-state index contributed by atoms with van der Waals surface area (Å²) in [4.78, 5) is 11.7. The summed E-state index contributed by atoms with van der Waals surface area (Å²) < 4.78 is 43.3. The Balaban J connectivity index is 1.91. The van der Waals surface area contributed by atoms with Crippen molar-refractivity contribution in [3.8, 4) is 5.75 Å². The zero-order chi connectivity index (χ0) is 18.4. The molecule has 25 heavy (non-hydrogen) atoms. The molecule has 0 heterocycles. The molecule has 1 N–H and O–H groups in total. The topological polar surface area (TPSA) is 50.7 Å². The van der Waals surface area contributed by atoms with Crippen molar-refractivity contribution in [2.45, 2.75) is 20.0 Å². The monoisotopic (exact) mass is 350 g/mol. The van der Waals surface area contributed by atoms with Gasteiger partial charge in [-0.1, -0.05) is 30.3 Å². The summed E-state index contributed by atoms with van der Waals surface area (Å²) in [5.74, 6) is 0.116. The number of halogens is 3. The van der Waals surface area contributed by atoms with Crippen LogP contribution in [0.5, 0.6) is 5.75 Å². The van der Waals surface area contributed by atoms with Crippen LogP contribution in [0.2, 0.25) is 0 Å². The quantitative estimate of drug-likeness (QED) is 0.658. The van der Waals surface area contributed by atoms with Crippen LogP contribution in [-0.4, -0.2) is 18.7 Å². The van der Waals surface area contributed by atoms with Gasteiger partial charge in [0, 0.05) is 0 Å². The fraction of sp³-hybridized carbons (Fsp3) is 0.222. The number of amides is 1.